The molecule has 6 nitrogen and oxygen atoms in total. The molecule has 2 aromatic carbocycles. The maximum absolute atomic E-state index is 12.8. The van der Waals surface area contributed by atoms with Crippen molar-refractivity contribution in [1.29, 1.82) is 0 Å². The first-order valence-electron chi connectivity index (χ1n) is 9.95. The zero-order valence-electron chi connectivity index (χ0n) is 18.0. The molecule has 0 spiro atoms. The predicted octanol–water partition coefficient (Wildman–Crippen LogP) is 4.77. The second-order valence-corrected chi connectivity index (χ2v) is 8.38. The third-order valence-electron chi connectivity index (χ3n) is 5.16. The molecule has 4 rings (SSSR count). The molecule has 1 N–H and O–H groups in total. The van der Waals surface area contributed by atoms with Crippen molar-refractivity contribution in [2.45, 2.75) is 20.4 Å². The fraction of sp³-hybridized carbons (Fsp3) is 0.208. The molecular formula is C24H24N4O2S. The number of aromatic nitrogens is 3. The van der Waals surface area contributed by atoms with Crippen LogP contribution in [-0.4, -0.2) is 27.8 Å². The summed E-state index contributed by atoms with van der Waals surface area (Å²) in [6.07, 6.45) is 0. The number of carbonyl (C=O) groups is 1. The third-order valence-corrected chi connectivity index (χ3v) is 6.35. The Balaban J connectivity index is 1.50. The van der Waals surface area contributed by atoms with Gasteiger partial charge in [0.05, 0.1) is 25.0 Å². The molecule has 0 bridgehead atoms. The van der Waals surface area contributed by atoms with Crippen LogP contribution in [0.5, 0.6) is 5.75 Å². The molecule has 0 radical (unpaired) electrons. The van der Waals surface area contributed by atoms with Crippen molar-refractivity contribution in [3.8, 4) is 27.6 Å². The smallest absolute Gasteiger partial charge is 0.269 e. The van der Waals surface area contributed by atoms with Crippen LogP contribution < -0.4 is 10.1 Å². The highest BCUT2D eigenvalue weighted by Gasteiger charge is 2.16. The maximum atomic E-state index is 12.8. The summed E-state index contributed by atoms with van der Waals surface area (Å²) < 4.78 is 6.88. The summed E-state index contributed by atoms with van der Waals surface area (Å²) in [6.45, 7) is 4.48. The molecule has 0 aliphatic carbocycles. The lowest BCUT2D eigenvalue weighted by atomic mass is 10.1. The lowest BCUT2D eigenvalue weighted by Crippen LogP contribution is -2.25. The Bertz CT molecular complexity index is 1240. The number of hydrogen-bond acceptors (Lipinski definition) is 5. The van der Waals surface area contributed by atoms with Crippen LogP contribution in [0.1, 0.15) is 26.6 Å². The highest BCUT2D eigenvalue weighted by Crippen LogP contribution is 2.30. The standard InChI is InChI=1S/C24H24N4O2S/c1-15-8-5-6-11-19(15)24-26-16(2)22(31-24)14-25-23(29)21-13-20(27-28(21)3)17-9-7-10-18(12-17)30-4/h5-13H,14H2,1-4H3,(H,25,29). The number of nitrogens with zero attached hydrogens (tertiary/aromatic N) is 3. The summed E-state index contributed by atoms with van der Waals surface area (Å²) in [4.78, 5) is 18.6. The average molecular weight is 433 g/mol. The number of methoxy groups -OCH3 is 1. The van der Waals surface area contributed by atoms with E-state index in [1.165, 1.54) is 5.56 Å². The van der Waals surface area contributed by atoms with Gasteiger partial charge in [-0.1, -0.05) is 36.4 Å². The Hall–Kier alpha value is -3.45. The van der Waals surface area contributed by atoms with Crippen molar-refractivity contribution < 1.29 is 9.53 Å². The molecule has 0 unspecified atom stereocenters. The van der Waals surface area contributed by atoms with E-state index in [2.05, 4.69) is 29.5 Å². The first-order valence-corrected chi connectivity index (χ1v) is 10.8. The molecule has 0 saturated heterocycles. The first kappa shape index (κ1) is 20.8. The number of hydrogen-bond donors (Lipinski definition) is 1. The second kappa shape index (κ2) is 8.73. The van der Waals surface area contributed by atoms with Crippen LogP contribution in [0.4, 0.5) is 0 Å². The highest BCUT2D eigenvalue weighted by atomic mass is 32.1. The van der Waals surface area contributed by atoms with E-state index in [9.17, 15) is 4.79 Å². The quantitative estimate of drug-likeness (QED) is 0.477. The molecule has 0 atom stereocenters. The molecule has 7 heteroatoms. The van der Waals surface area contributed by atoms with Crippen molar-refractivity contribution in [3.05, 3.63) is 76.4 Å². The van der Waals surface area contributed by atoms with E-state index in [1.54, 1.807) is 36.2 Å². The van der Waals surface area contributed by atoms with Crippen molar-refractivity contribution in [1.82, 2.24) is 20.1 Å². The molecule has 0 saturated carbocycles. The number of rotatable bonds is 6. The lowest BCUT2D eigenvalue weighted by Gasteiger charge is -2.04. The Morgan fingerprint density at radius 3 is 2.71 bits per heavy atom. The molecule has 2 aromatic heterocycles. The second-order valence-electron chi connectivity index (χ2n) is 7.30. The molecule has 0 aliphatic heterocycles. The summed E-state index contributed by atoms with van der Waals surface area (Å²) >= 11 is 1.61. The SMILES string of the molecule is COc1cccc(-c2cc(C(=O)NCc3sc(-c4ccccc4C)nc3C)n(C)n2)c1. The van der Waals surface area contributed by atoms with E-state index < -0.39 is 0 Å². The van der Waals surface area contributed by atoms with Crippen LogP contribution in [0, 0.1) is 13.8 Å². The number of ether oxygens (including phenoxy) is 1. The normalized spacial score (nSPS) is 10.8. The Morgan fingerprint density at radius 1 is 1.13 bits per heavy atom. The Kier molecular flexibility index (Phi) is 5.86. The molecule has 0 fully saturated rings. The number of thiazole rings is 1. The number of carbonyl (C=O) groups excluding carboxylic acids is 1. The van der Waals surface area contributed by atoms with Crippen molar-refractivity contribution >= 4 is 17.2 Å². The summed E-state index contributed by atoms with van der Waals surface area (Å²) in [7, 11) is 3.40. The Labute approximate surface area is 185 Å². The molecular weight excluding hydrogens is 408 g/mol. The first-order chi connectivity index (χ1) is 15.0. The zero-order valence-corrected chi connectivity index (χ0v) is 18.8. The van der Waals surface area contributed by atoms with Crippen LogP contribution >= 0.6 is 11.3 Å². The van der Waals surface area contributed by atoms with Crippen molar-refractivity contribution in [2.75, 3.05) is 7.11 Å². The minimum absolute atomic E-state index is 0.172. The van der Waals surface area contributed by atoms with Gasteiger partial charge in [-0.15, -0.1) is 11.3 Å². The monoisotopic (exact) mass is 432 g/mol. The summed E-state index contributed by atoms with van der Waals surface area (Å²) in [5.74, 6) is 0.577. The van der Waals surface area contributed by atoms with E-state index in [4.69, 9.17) is 9.72 Å². The molecule has 0 aliphatic rings. The van der Waals surface area contributed by atoms with Crippen molar-refractivity contribution in [2.24, 2.45) is 7.05 Å². The van der Waals surface area contributed by atoms with Crippen LogP contribution in [0.3, 0.4) is 0 Å². The average Bonchev–Trinajstić information content (AvgIpc) is 3.35. The molecule has 2 heterocycles. The summed E-state index contributed by atoms with van der Waals surface area (Å²) in [5, 5.41) is 8.48. The van der Waals surface area contributed by atoms with Gasteiger partial charge in [-0.3, -0.25) is 9.48 Å². The number of nitrogens with one attached hydrogen (secondary N) is 1. The van der Waals surface area contributed by atoms with E-state index in [1.807, 2.05) is 43.3 Å². The molecule has 158 valence electrons. The van der Waals surface area contributed by atoms with Crippen LogP contribution in [0.15, 0.2) is 54.6 Å². The third kappa shape index (κ3) is 4.36. The van der Waals surface area contributed by atoms with Gasteiger partial charge in [-0.25, -0.2) is 4.98 Å². The van der Waals surface area contributed by atoms with Gasteiger partial charge in [0.25, 0.3) is 5.91 Å². The number of amides is 1. The van der Waals surface area contributed by atoms with Gasteiger partial charge in [0.15, 0.2) is 0 Å². The summed E-state index contributed by atoms with van der Waals surface area (Å²) in [6, 6.07) is 17.6. The van der Waals surface area contributed by atoms with E-state index >= 15 is 0 Å². The fourth-order valence-corrected chi connectivity index (χ4v) is 4.47. The van der Waals surface area contributed by atoms with Gasteiger partial charge >= 0.3 is 0 Å². The zero-order chi connectivity index (χ0) is 22.0. The van der Waals surface area contributed by atoms with E-state index in [0.717, 1.165) is 38.1 Å². The minimum atomic E-state index is -0.172. The van der Waals surface area contributed by atoms with Crippen LogP contribution in [0.25, 0.3) is 21.8 Å². The van der Waals surface area contributed by atoms with Crippen LogP contribution in [0.2, 0.25) is 0 Å². The molecule has 4 aromatic rings. The van der Waals surface area contributed by atoms with Gasteiger partial charge in [0.2, 0.25) is 0 Å². The summed E-state index contributed by atoms with van der Waals surface area (Å²) in [5.41, 5.74) is 5.37. The fourth-order valence-electron chi connectivity index (χ4n) is 3.37. The van der Waals surface area contributed by atoms with Gasteiger partial charge < -0.3 is 10.1 Å². The predicted molar refractivity (Wildman–Crippen MR) is 123 cm³/mol. The number of benzene rings is 2. The van der Waals surface area contributed by atoms with Gasteiger partial charge in [0.1, 0.15) is 16.5 Å². The minimum Gasteiger partial charge on any atom is -0.497 e. The molecule has 1 amide bonds. The van der Waals surface area contributed by atoms with E-state index in [0.29, 0.717) is 12.2 Å². The maximum Gasteiger partial charge on any atom is 0.269 e. The van der Waals surface area contributed by atoms with E-state index in [-0.39, 0.29) is 5.91 Å². The topological polar surface area (TPSA) is 69.0 Å². The Morgan fingerprint density at radius 2 is 1.94 bits per heavy atom. The molecule has 31 heavy (non-hydrogen) atoms. The van der Waals surface area contributed by atoms with Crippen LogP contribution in [-0.2, 0) is 13.6 Å². The van der Waals surface area contributed by atoms with Gasteiger partial charge in [-0.05, 0) is 37.6 Å². The lowest BCUT2D eigenvalue weighted by molar-refractivity contribution is 0.0942. The van der Waals surface area contributed by atoms with Gasteiger partial charge in [-0.2, -0.15) is 5.10 Å². The van der Waals surface area contributed by atoms with Gasteiger partial charge in [0, 0.05) is 23.1 Å². The largest absolute Gasteiger partial charge is 0.497 e. The highest BCUT2D eigenvalue weighted by molar-refractivity contribution is 7.15. The van der Waals surface area contributed by atoms with Crippen molar-refractivity contribution in [3.63, 3.8) is 0 Å². The number of aryl methyl sites for hydroxylation is 3.